The molecule has 1 aromatic carbocycles. The fraction of sp³-hybridized carbons (Fsp3) is 0.579. The third kappa shape index (κ3) is 4.11. The molecule has 2 fully saturated rings. The number of piperidine rings is 1. The molecule has 1 N–H and O–H groups in total. The van der Waals surface area contributed by atoms with Crippen LogP contribution >= 0.6 is 0 Å². The maximum atomic E-state index is 12.2. The number of carbonyl (C=O) groups is 1. The molecule has 0 bridgehead atoms. The summed E-state index contributed by atoms with van der Waals surface area (Å²) in [6.45, 7) is 3.13. The van der Waals surface area contributed by atoms with Gasteiger partial charge in [0, 0.05) is 18.2 Å². The molecule has 122 valence electrons. The van der Waals surface area contributed by atoms with E-state index < -0.39 is 0 Å². The lowest BCUT2D eigenvalue weighted by molar-refractivity contribution is 0.0924. The number of hydrogen-bond acceptors (Lipinski definition) is 3. The summed E-state index contributed by atoms with van der Waals surface area (Å²) in [5.74, 6) is 0.558. The zero-order valence-corrected chi connectivity index (χ0v) is 13.6. The third-order valence-electron chi connectivity index (χ3n) is 5.32. The van der Waals surface area contributed by atoms with Crippen LogP contribution in [0.1, 0.15) is 54.4 Å². The molecular weight excluding hydrogens is 286 g/mol. The first-order valence-corrected chi connectivity index (χ1v) is 8.78. The van der Waals surface area contributed by atoms with Crippen LogP contribution in [-0.4, -0.2) is 36.5 Å². The molecule has 4 heteroatoms. The summed E-state index contributed by atoms with van der Waals surface area (Å²) in [7, 11) is 0. The van der Waals surface area contributed by atoms with Crippen molar-refractivity contribution in [2.75, 3.05) is 19.6 Å². The lowest BCUT2D eigenvalue weighted by atomic mass is 9.95. The van der Waals surface area contributed by atoms with Crippen molar-refractivity contribution in [3.05, 3.63) is 35.4 Å². The molecule has 1 saturated heterocycles. The van der Waals surface area contributed by atoms with E-state index in [0.29, 0.717) is 17.0 Å². The van der Waals surface area contributed by atoms with Crippen molar-refractivity contribution in [1.29, 1.82) is 5.26 Å². The lowest BCUT2D eigenvalue weighted by Gasteiger charge is -2.36. The molecular formula is C19H25N3O. The van der Waals surface area contributed by atoms with Crippen LogP contribution in [-0.2, 0) is 0 Å². The highest BCUT2D eigenvalue weighted by atomic mass is 16.1. The molecule has 1 saturated carbocycles. The predicted molar refractivity (Wildman–Crippen MR) is 90.0 cm³/mol. The van der Waals surface area contributed by atoms with Crippen molar-refractivity contribution in [3.8, 4) is 6.07 Å². The molecule has 0 atom stereocenters. The molecule has 0 unspecified atom stereocenters. The van der Waals surface area contributed by atoms with Crippen LogP contribution in [0.3, 0.4) is 0 Å². The summed E-state index contributed by atoms with van der Waals surface area (Å²) in [5.41, 5.74) is 1.22. The molecule has 1 heterocycles. The third-order valence-corrected chi connectivity index (χ3v) is 5.32. The van der Waals surface area contributed by atoms with Gasteiger partial charge in [0.1, 0.15) is 0 Å². The van der Waals surface area contributed by atoms with Gasteiger partial charge in [-0.1, -0.05) is 12.8 Å². The number of carbonyl (C=O) groups excluding carboxylic acids is 1. The zero-order chi connectivity index (χ0) is 16.1. The van der Waals surface area contributed by atoms with Crippen molar-refractivity contribution in [1.82, 2.24) is 10.2 Å². The molecule has 3 rings (SSSR count). The number of amides is 1. The molecule has 1 aliphatic heterocycles. The summed E-state index contributed by atoms with van der Waals surface area (Å²) in [4.78, 5) is 14.8. The van der Waals surface area contributed by atoms with Gasteiger partial charge in [-0.25, -0.2) is 0 Å². The van der Waals surface area contributed by atoms with E-state index in [-0.39, 0.29) is 5.91 Å². The number of nitrogens with one attached hydrogen (secondary N) is 1. The van der Waals surface area contributed by atoms with Crippen LogP contribution in [0.5, 0.6) is 0 Å². The van der Waals surface area contributed by atoms with Gasteiger partial charge in [0.2, 0.25) is 0 Å². The Labute approximate surface area is 138 Å². The average Bonchev–Trinajstić information content (AvgIpc) is 3.15. The van der Waals surface area contributed by atoms with Gasteiger partial charge in [-0.15, -0.1) is 0 Å². The second-order valence-corrected chi connectivity index (χ2v) is 6.82. The van der Waals surface area contributed by atoms with Crippen molar-refractivity contribution >= 4 is 5.91 Å². The van der Waals surface area contributed by atoms with Gasteiger partial charge in [-0.2, -0.15) is 5.26 Å². The van der Waals surface area contributed by atoms with E-state index in [1.165, 1.54) is 51.6 Å². The van der Waals surface area contributed by atoms with Crippen molar-refractivity contribution < 1.29 is 4.79 Å². The highest BCUT2D eigenvalue weighted by Crippen LogP contribution is 2.27. The minimum absolute atomic E-state index is 0.0345. The van der Waals surface area contributed by atoms with Crippen molar-refractivity contribution in [2.24, 2.45) is 5.92 Å². The zero-order valence-electron chi connectivity index (χ0n) is 13.6. The molecule has 1 aliphatic carbocycles. The lowest BCUT2D eigenvalue weighted by Crippen LogP contribution is -2.42. The summed E-state index contributed by atoms with van der Waals surface area (Å²) in [6, 6.07) is 9.71. The van der Waals surface area contributed by atoms with E-state index in [1.807, 2.05) is 0 Å². The Balaban J connectivity index is 1.42. The SMILES string of the molecule is N#Cc1ccc(C(=O)NCC2CCN(C3CCCC3)CC2)cc1. The van der Waals surface area contributed by atoms with Gasteiger partial charge in [0.05, 0.1) is 11.6 Å². The summed E-state index contributed by atoms with van der Waals surface area (Å²) < 4.78 is 0. The minimum atomic E-state index is -0.0345. The molecule has 0 radical (unpaired) electrons. The first-order chi connectivity index (χ1) is 11.3. The van der Waals surface area contributed by atoms with E-state index >= 15 is 0 Å². The molecule has 0 aromatic heterocycles. The van der Waals surface area contributed by atoms with Crippen LogP contribution in [0.25, 0.3) is 0 Å². The van der Waals surface area contributed by atoms with Crippen LogP contribution in [0.4, 0.5) is 0 Å². The van der Waals surface area contributed by atoms with E-state index in [9.17, 15) is 4.79 Å². The number of nitrogens with zero attached hydrogens (tertiary/aromatic N) is 2. The maximum absolute atomic E-state index is 12.2. The smallest absolute Gasteiger partial charge is 0.251 e. The molecule has 1 aromatic rings. The van der Waals surface area contributed by atoms with Crippen LogP contribution in [0.15, 0.2) is 24.3 Å². The fourth-order valence-corrected chi connectivity index (χ4v) is 3.83. The fourth-order valence-electron chi connectivity index (χ4n) is 3.83. The predicted octanol–water partition coefficient (Wildman–Crippen LogP) is 2.94. The molecule has 0 spiro atoms. The van der Waals surface area contributed by atoms with E-state index in [0.717, 1.165) is 12.6 Å². The van der Waals surface area contributed by atoms with Crippen LogP contribution in [0, 0.1) is 17.2 Å². The summed E-state index contributed by atoms with van der Waals surface area (Å²) >= 11 is 0. The number of hydrogen-bond donors (Lipinski definition) is 1. The number of nitriles is 1. The first kappa shape index (κ1) is 16.0. The normalized spacial score (nSPS) is 20.3. The standard InChI is InChI=1S/C19H25N3O/c20-13-15-5-7-17(8-6-15)19(23)21-14-16-9-11-22(12-10-16)18-3-1-2-4-18/h5-8,16,18H,1-4,9-12,14H2,(H,21,23). The average molecular weight is 311 g/mol. The number of likely N-dealkylation sites (tertiary alicyclic amines) is 1. The van der Waals surface area contributed by atoms with Gasteiger partial charge in [-0.05, 0) is 69.0 Å². The quantitative estimate of drug-likeness (QED) is 0.930. The summed E-state index contributed by atoms with van der Waals surface area (Å²) in [5, 5.41) is 11.8. The maximum Gasteiger partial charge on any atom is 0.251 e. The highest BCUT2D eigenvalue weighted by molar-refractivity contribution is 5.94. The largest absolute Gasteiger partial charge is 0.352 e. The van der Waals surface area contributed by atoms with Crippen LogP contribution in [0.2, 0.25) is 0 Å². The number of rotatable bonds is 4. The van der Waals surface area contributed by atoms with Gasteiger partial charge in [0.25, 0.3) is 5.91 Å². The van der Waals surface area contributed by atoms with Crippen molar-refractivity contribution in [3.63, 3.8) is 0 Å². The second-order valence-electron chi connectivity index (χ2n) is 6.82. The Bertz CT molecular complexity index is 561. The van der Waals surface area contributed by atoms with Gasteiger partial charge in [-0.3, -0.25) is 4.79 Å². The van der Waals surface area contributed by atoms with Gasteiger partial charge >= 0.3 is 0 Å². The Morgan fingerprint density at radius 1 is 1.13 bits per heavy atom. The van der Waals surface area contributed by atoms with Crippen molar-refractivity contribution in [2.45, 2.75) is 44.6 Å². The minimum Gasteiger partial charge on any atom is -0.352 e. The topological polar surface area (TPSA) is 56.1 Å². The monoisotopic (exact) mass is 311 g/mol. The number of benzene rings is 1. The van der Waals surface area contributed by atoms with E-state index in [1.54, 1.807) is 24.3 Å². The molecule has 2 aliphatic rings. The van der Waals surface area contributed by atoms with Gasteiger partial charge in [0.15, 0.2) is 0 Å². The highest BCUT2D eigenvalue weighted by Gasteiger charge is 2.27. The summed E-state index contributed by atoms with van der Waals surface area (Å²) in [6.07, 6.45) is 7.91. The Morgan fingerprint density at radius 2 is 1.78 bits per heavy atom. The van der Waals surface area contributed by atoms with E-state index in [2.05, 4.69) is 16.3 Å². The van der Waals surface area contributed by atoms with Crippen LogP contribution < -0.4 is 5.32 Å². The molecule has 1 amide bonds. The first-order valence-electron chi connectivity index (χ1n) is 8.78. The molecule has 4 nitrogen and oxygen atoms in total. The Morgan fingerprint density at radius 3 is 2.39 bits per heavy atom. The second kappa shape index (κ2) is 7.61. The van der Waals surface area contributed by atoms with E-state index in [4.69, 9.17) is 5.26 Å². The van der Waals surface area contributed by atoms with Gasteiger partial charge < -0.3 is 10.2 Å². The Hall–Kier alpha value is -1.86. The Kier molecular flexibility index (Phi) is 5.30. The molecule has 23 heavy (non-hydrogen) atoms.